The molecule has 0 amide bonds. The van der Waals surface area contributed by atoms with Crippen LogP contribution in [0.25, 0.3) is 0 Å². The van der Waals surface area contributed by atoms with E-state index in [2.05, 4.69) is 11.3 Å². The van der Waals surface area contributed by atoms with Crippen molar-refractivity contribution in [1.82, 2.24) is 0 Å². The number of hydrogen-bond acceptors (Lipinski definition) is 2. The summed E-state index contributed by atoms with van der Waals surface area (Å²) in [6, 6.07) is 0. The molecule has 1 aliphatic carbocycles. The Morgan fingerprint density at radius 1 is 0.966 bits per heavy atom. The first-order valence-electron chi connectivity index (χ1n) is 9.50. The quantitative estimate of drug-likeness (QED) is 0.174. The lowest BCUT2D eigenvalue weighted by atomic mass is 9.66. The summed E-state index contributed by atoms with van der Waals surface area (Å²) < 4.78 is 115. The lowest BCUT2D eigenvalue weighted by Crippen LogP contribution is -2.64. The van der Waals surface area contributed by atoms with Crippen molar-refractivity contribution in [3.63, 3.8) is 0 Å². The molecular weight excluding hydrogens is 412 g/mol. The van der Waals surface area contributed by atoms with Gasteiger partial charge in [-0.25, -0.2) is 13.6 Å². The zero-order chi connectivity index (χ0) is 22.7. The fraction of sp³-hybridized carbons (Fsp3) is 0.842. The van der Waals surface area contributed by atoms with Gasteiger partial charge in [-0.3, -0.25) is 0 Å². The maximum absolute atomic E-state index is 15.5. The van der Waals surface area contributed by atoms with Crippen molar-refractivity contribution in [3.05, 3.63) is 12.2 Å². The highest BCUT2D eigenvalue weighted by atomic mass is 19.4. The van der Waals surface area contributed by atoms with Crippen molar-refractivity contribution >= 4 is 5.97 Å². The molecule has 0 aromatic rings. The summed E-state index contributed by atoms with van der Waals surface area (Å²) in [6.07, 6.45) is -11.8. The second-order valence-electron chi connectivity index (χ2n) is 7.78. The van der Waals surface area contributed by atoms with Gasteiger partial charge in [0.1, 0.15) is 11.0 Å². The minimum Gasteiger partial charge on any atom is -0.449 e. The van der Waals surface area contributed by atoms with Crippen molar-refractivity contribution in [1.29, 1.82) is 0 Å². The maximum Gasteiger partial charge on any atom is 0.422 e. The fourth-order valence-corrected chi connectivity index (χ4v) is 3.67. The molecule has 0 N–H and O–H groups in total. The van der Waals surface area contributed by atoms with Gasteiger partial charge in [0, 0.05) is 0 Å². The highest BCUT2D eigenvalue weighted by molar-refractivity contribution is 5.89. The van der Waals surface area contributed by atoms with Crippen molar-refractivity contribution in [2.75, 3.05) is 0 Å². The molecule has 1 saturated carbocycles. The monoisotopic (exact) mass is 438 g/mol. The van der Waals surface area contributed by atoms with Crippen LogP contribution in [0.2, 0.25) is 0 Å². The average Bonchev–Trinajstić information content (AvgIpc) is 2.59. The standard InChI is InChI=1S/C19H26F8O2/c1-4-5-7-10-15(3,19(25,26)27)18(23,24)16(11-8-6-9-12-16)29-14(28)13(2)17(20,21)22/h2,4-12H2,1,3H3. The zero-order valence-corrected chi connectivity index (χ0v) is 16.4. The van der Waals surface area contributed by atoms with E-state index in [1.165, 1.54) is 0 Å². The number of halogens is 8. The van der Waals surface area contributed by atoms with E-state index in [0.717, 1.165) is 0 Å². The molecule has 0 bridgehead atoms. The molecule has 0 spiro atoms. The van der Waals surface area contributed by atoms with E-state index in [4.69, 9.17) is 0 Å². The number of ether oxygens (including phenoxy) is 1. The van der Waals surface area contributed by atoms with Crippen LogP contribution < -0.4 is 0 Å². The van der Waals surface area contributed by atoms with Gasteiger partial charge in [-0.15, -0.1) is 0 Å². The molecule has 1 atom stereocenters. The Kier molecular flexibility index (Phi) is 7.79. The molecule has 170 valence electrons. The van der Waals surface area contributed by atoms with Crippen molar-refractivity contribution in [3.8, 4) is 0 Å². The van der Waals surface area contributed by atoms with Gasteiger partial charge in [0.15, 0.2) is 5.60 Å². The summed E-state index contributed by atoms with van der Waals surface area (Å²) >= 11 is 0. The Hall–Kier alpha value is -1.35. The number of hydrogen-bond donors (Lipinski definition) is 0. The SMILES string of the molecule is C=C(C(=O)OC1(C(F)(F)C(C)(CCCCC)C(F)(F)F)CCCCC1)C(F)(F)F. The van der Waals surface area contributed by atoms with E-state index >= 15 is 8.78 Å². The van der Waals surface area contributed by atoms with Crippen molar-refractivity contribution in [2.24, 2.45) is 5.41 Å². The largest absolute Gasteiger partial charge is 0.449 e. The lowest BCUT2D eigenvalue weighted by Gasteiger charge is -2.50. The molecule has 1 unspecified atom stereocenters. The van der Waals surface area contributed by atoms with Crippen LogP contribution in [0.5, 0.6) is 0 Å². The zero-order valence-electron chi connectivity index (χ0n) is 16.4. The van der Waals surface area contributed by atoms with Gasteiger partial charge in [0.25, 0.3) is 0 Å². The molecular formula is C19H26F8O2. The van der Waals surface area contributed by atoms with E-state index in [-0.39, 0.29) is 25.7 Å². The number of carbonyl (C=O) groups is 1. The summed E-state index contributed by atoms with van der Waals surface area (Å²) in [5, 5.41) is 0. The molecule has 0 aromatic carbocycles. The number of rotatable bonds is 8. The number of esters is 1. The first-order chi connectivity index (χ1) is 13.1. The summed E-state index contributed by atoms with van der Waals surface area (Å²) in [6.45, 7) is 4.55. The molecule has 1 aliphatic rings. The highest BCUT2D eigenvalue weighted by Crippen LogP contribution is 2.60. The number of carbonyl (C=O) groups excluding carboxylic acids is 1. The van der Waals surface area contributed by atoms with Gasteiger partial charge in [0.2, 0.25) is 0 Å². The van der Waals surface area contributed by atoms with E-state index in [1.807, 2.05) is 0 Å². The molecule has 0 radical (unpaired) electrons. The molecule has 10 heteroatoms. The van der Waals surface area contributed by atoms with Crippen LogP contribution >= 0.6 is 0 Å². The molecule has 0 heterocycles. The number of unbranched alkanes of at least 4 members (excludes halogenated alkanes) is 2. The van der Waals surface area contributed by atoms with Gasteiger partial charge in [-0.2, -0.15) is 26.3 Å². The maximum atomic E-state index is 15.5. The topological polar surface area (TPSA) is 26.3 Å². The Bertz CT molecular complexity index is 588. The van der Waals surface area contributed by atoms with E-state index < -0.39 is 60.1 Å². The normalized spacial score (nSPS) is 20.1. The second-order valence-corrected chi connectivity index (χ2v) is 7.78. The highest BCUT2D eigenvalue weighted by Gasteiger charge is 2.74. The van der Waals surface area contributed by atoms with Gasteiger partial charge in [0.05, 0.1) is 0 Å². The first-order valence-corrected chi connectivity index (χ1v) is 9.50. The van der Waals surface area contributed by atoms with Crippen LogP contribution in [0.3, 0.4) is 0 Å². The summed E-state index contributed by atoms with van der Waals surface area (Å²) in [5.74, 6) is -6.80. The first kappa shape index (κ1) is 25.7. The Morgan fingerprint density at radius 3 is 1.90 bits per heavy atom. The smallest absolute Gasteiger partial charge is 0.422 e. The molecule has 0 saturated heterocycles. The summed E-state index contributed by atoms with van der Waals surface area (Å²) in [4.78, 5) is 11.9. The molecule has 2 nitrogen and oxygen atoms in total. The van der Waals surface area contributed by atoms with Crippen molar-refractivity contribution in [2.45, 2.75) is 95.5 Å². The van der Waals surface area contributed by atoms with Crippen LogP contribution in [-0.2, 0) is 9.53 Å². The predicted molar refractivity (Wildman–Crippen MR) is 90.4 cm³/mol. The molecule has 29 heavy (non-hydrogen) atoms. The van der Waals surface area contributed by atoms with Crippen LogP contribution in [0.4, 0.5) is 35.1 Å². The van der Waals surface area contributed by atoms with Crippen LogP contribution in [0.1, 0.15) is 71.6 Å². The Labute approximate surface area is 164 Å². The van der Waals surface area contributed by atoms with Gasteiger partial charge in [-0.1, -0.05) is 39.2 Å². The lowest BCUT2D eigenvalue weighted by molar-refractivity contribution is -0.344. The molecule has 1 fully saturated rings. The molecule has 0 aliphatic heterocycles. The van der Waals surface area contributed by atoms with Gasteiger partial charge in [-0.05, 0) is 39.0 Å². The Morgan fingerprint density at radius 2 is 1.48 bits per heavy atom. The third-order valence-corrected chi connectivity index (χ3v) is 5.71. The minimum absolute atomic E-state index is 0.00423. The summed E-state index contributed by atoms with van der Waals surface area (Å²) in [7, 11) is 0. The van der Waals surface area contributed by atoms with Gasteiger partial charge >= 0.3 is 24.2 Å². The van der Waals surface area contributed by atoms with Crippen LogP contribution in [0, 0.1) is 5.41 Å². The fourth-order valence-electron chi connectivity index (χ4n) is 3.67. The van der Waals surface area contributed by atoms with Gasteiger partial charge < -0.3 is 4.74 Å². The third kappa shape index (κ3) is 5.05. The minimum atomic E-state index is -5.36. The van der Waals surface area contributed by atoms with Crippen LogP contribution in [0.15, 0.2) is 12.2 Å². The predicted octanol–water partition coefficient (Wildman–Crippen LogP) is 7.14. The second kappa shape index (κ2) is 8.79. The summed E-state index contributed by atoms with van der Waals surface area (Å²) in [5.41, 5.74) is -8.57. The van der Waals surface area contributed by atoms with E-state index in [9.17, 15) is 31.1 Å². The average molecular weight is 438 g/mol. The van der Waals surface area contributed by atoms with E-state index in [0.29, 0.717) is 19.8 Å². The van der Waals surface area contributed by atoms with E-state index in [1.54, 1.807) is 6.92 Å². The number of alkyl halides is 8. The van der Waals surface area contributed by atoms with Crippen molar-refractivity contribution < 1.29 is 44.7 Å². The Balaban J connectivity index is 3.41. The third-order valence-electron chi connectivity index (χ3n) is 5.71. The van der Waals surface area contributed by atoms with Crippen LogP contribution in [-0.4, -0.2) is 29.8 Å². The molecule has 1 rings (SSSR count). The molecule has 0 aromatic heterocycles.